The first-order valence-electron chi connectivity index (χ1n) is 9.72. The molecule has 0 amide bonds. The van der Waals surface area contributed by atoms with Crippen LogP contribution in [0.3, 0.4) is 0 Å². The van der Waals surface area contributed by atoms with E-state index in [1.165, 1.54) is 51.7 Å². The van der Waals surface area contributed by atoms with E-state index in [0.29, 0.717) is 6.10 Å². The second-order valence-electron chi connectivity index (χ2n) is 7.49. The average Bonchev–Trinajstić information content (AvgIpc) is 2.90. The van der Waals surface area contributed by atoms with Gasteiger partial charge in [0.15, 0.2) is 0 Å². The van der Waals surface area contributed by atoms with Crippen molar-refractivity contribution >= 4 is 0 Å². The van der Waals surface area contributed by atoms with Gasteiger partial charge in [0.05, 0.1) is 6.10 Å². The maximum absolute atomic E-state index is 6.23. The smallest absolute Gasteiger partial charge is 0.115 e. The molecule has 128 valence electrons. The first-order chi connectivity index (χ1) is 11.9. The van der Waals surface area contributed by atoms with Crippen LogP contribution in [0.15, 0.2) is 48.3 Å². The number of ether oxygens (including phenoxy) is 1. The summed E-state index contributed by atoms with van der Waals surface area (Å²) < 4.78 is 6.23. The van der Waals surface area contributed by atoms with E-state index in [1.54, 1.807) is 11.1 Å². The van der Waals surface area contributed by atoms with Gasteiger partial charge in [0.25, 0.3) is 0 Å². The molecule has 0 N–H and O–H groups in total. The van der Waals surface area contributed by atoms with Crippen LogP contribution in [0.1, 0.15) is 55.6 Å². The number of hydrogen-bond donors (Lipinski definition) is 0. The van der Waals surface area contributed by atoms with Crippen molar-refractivity contribution in [2.75, 3.05) is 19.6 Å². The molecular formula is C22H29NO. The fourth-order valence-electron chi connectivity index (χ4n) is 4.44. The topological polar surface area (TPSA) is 12.5 Å². The number of likely N-dealkylation sites (tertiary alicyclic amines) is 1. The van der Waals surface area contributed by atoms with E-state index >= 15 is 0 Å². The number of aryl methyl sites for hydroxylation is 1. The van der Waals surface area contributed by atoms with Gasteiger partial charge in [-0.15, -0.1) is 0 Å². The van der Waals surface area contributed by atoms with Crippen LogP contribution < -0.4 is 0 Å². The minimum absolute atomic E-state index is 0.403. The Bertz CT molecular complexity index is 618. The molecule has 0 bridgehead atoms. The van der Waals surface area contributed by atoms with E-state index in [2.05, 4.69) is 47.4 Å². The number of fused-ring (bicyclic) bond motifs is 1. The Hall–Kier alpha value is -1.54. The summed E-state index contributed by atoms with van der Waals surface area (Å²) >= 11 is 0. The molecule has 1 heterocycles. The fraction of sp³-hybridized carbons (Fsp3) is 0.545. The molecule has 0 radical (unpaired) electrons. The molecule has 2 unspecified atom stereocenters. The summed E-state index contributed by atoms with van der Waals surface area (Å²) in [6, 6.07) is 9.05. The summed E-state index contributed by atoms with van der Waals surface area (Å²) in [5.41, 5.74) is 3.18. The van der Waals surface area contributed by atoms with E-state index in [1.807, 2.05) is 0 Å². The van der Waals surface area contributed by atoms with Gasteiger partial charge in [0, 0.05) is 13.1 Å². The highest BCUT2D eigenvalue weighted by Crippen LogP contribution is 2.34. The summed E-state index contributed by atoms with van der Waals surface area (Å²) in [5.74, 6) is 1.84. The molecule has 1 saturated heterocycles. The fourth-order valence-corrected chi connectivity index (χ4v) is 4.44. The minimum Gasteiger partial charge on any atom is -0.491 e. The monoisotopic (exact) mass is 323 g/mol. The van der Waals surface area contributed by atoms with E-state index < -0.39 is 0 Å². The highest BCUT2D eigenvalue weighted by Gasteiger charge is 2.26. The van der Waals surface area contributed by atoms with Crippen molar-refractivity contribution in [2.24, 2.45) is 0 Å². The van der Waals surface area contributed by atoms with E-state index in [9.17, 15) is 0 Å². The average molecular weight is 323 g/mol. The van der Waals surface area contributed by atoms with Crippen molar-refractivity contribution in [3.05, 3.63) is 59.4 Å². The lowest BCUT2D eigenvalue weighted by atomic mass is 10.0. The quantitative estimate of drug-likeness (QED) is 0.787. The molecule has 0 spiro atoms. The van der Waals surface area contributed by atoms with Crippen LogP contribution in [0.25, 0.3) is 0 Å². The van der Waals surface area contributed by atoms with Gasteiger partial charge < -0.3 is 9.64 Å². The van der Waals surface area contributed by atoms with Crippen LogP contribution in [-0.2, 0) is 11.2 Å². The van der Waals surface area contributed by atoms with Gasteiger partial charge in [-0.05, 0) is 80.7 Å². The second kappa shape index (κ2) is 7.57. The zero-order chi connectivity index (χ0) is 16.2. The van der Waals surface area contributed by atoms with Crippen LogP contribution in [0.4, 0.5) is 0 Å². The molecule has 24 heavy (non-hydrogen) atoms. The molecule has 1 aromatic rings. The predicted octanol–water partition coefficient (Wildman–Crippen LogP) is 4.82. The molecule has 2 aliphatic carbocycles. The zero-order valence-corrected chi connectivity index (χ0v) is 14.6. The molecule has 1 aliphatic heterocycles. The Morgan fingerprint density at radius 1 is 1.04 bits per heavy atom. The molecule has 4 rings (SSSR count). The molecule has 1 fully saturated rings. The van der Waals surface area contributed by atoms with Crippen LogP contribution in [-0.4, -0.2) is 30.6 Å². The standard InChI is InChI=1S/C22H29NO/c1-2-8-20(9-3-1)24-21-10-6-15-23(16-14-21)17-19-13-12-18-7-4-5-11-22(18)19/h2,4-5,7-9,11,19,21H,1,3,6,10,12-17H2. The maximum atomic E-state index is 6.23. The predicted molar refractivity (Wildman–Crippen MR) is 99.1 cm³/mol. The number of allylic oxidation sites excluding steroid dienone is 3. The second-order valence-corrected chi connectivity index (χ2v) is 7.49. The Kier molecular flexibility index (Phi) is 5.03. The summed E-state index contributed by atoms with van der Waals surface area (Å²) in [4.78, 5) is 2.68. The van der Waals surface area contributed by atoms with Crippen molar-refractivity contribution in [3.63, 3.8) is 0 Å². The summed E-state index contributed by atoms with van der Waals surface area (Å²) in [6.45, 7) is 3.64. The minimum atomic E-state index is 0.403. The highest BCUT2D eigenvalue weighted by atomic mass is 16.5. The Balaban J connectivity index is 1.31. The summed E-state index contributed by atoms with van der Waals surface area (Å²) in [6.07, 6.45) is 15.5. The Morgan fingerprint density at radius 2 is 2.00 bits per heavy atom. The maximum Gasteiger partial charge on any atom is 0.115 e. The molecule has 2 nitrogen and oxygen atoms in total. The van der Waals surface area contributed by atoms with Gasteiger partial charge in [-0.3, -0.25) is 0 Å². The van der Waals surface area contributed by atoms with Gasteiger partial charge in [0.1, 0.15) is 5.76 Å². The first-order valence-corrected chi connectivity index (χ1v) is 9.72. The van der Waals surface area contributed by atoms with E-state index in [-0.39, 0.29) is 0 Å². The van der Waals surface area contributed by atoms with Crippen molar-refractivity contribution in [1.82, 2.24) is 4.90 Å². The lowest BCUT2D eigenvalue weighted by Crippen LogP contribution is -2.29. The lowest BCUT2D eigenvalue weighted by Gasteiger charge is -2.24. The third-order valence-electron chi connectivity index (χ3n) is 5.77. The molecule has 3 aliphatic rings. The molecule has 2 heteroatoms. The van der Waals surface area contributed by atoms with Crippen molar-refractivity contribution in [2.45, 2.75) is 57.0 Å². The van der Waals surface area contributed by atoms with Gasteiger partial charge in [-0.2, -0.15) is 0 Å². The van der Waals surface area contributed by atoms with Gasteiger partial charge >= 0.3 is 0 Å². The summed E-state index contributed by atoms with van der Waals surface area (Å²) in [7, 11) is 0. The SMILES string of the molecule is C1=CC(OC2CCCN(CC3CCc4ccccc43)CC2)=CCC1. The third kappa shape index (κ3) is 3.75. The molecule has 0 aromatic heterocycles. The Morgan fingerprint density at radius 3 is 2.92 bits per heavy atom. The van der Waals surface area contributed by atoms with Crippen molar-refractivity contribution in [1.29, 1.82) is 0 Å². The van der Waals surface area contributed by atoms with Crippen LogP contribution in [0.2, 0.25) is 0 Å². The normalized spacial score (nSPS) is 27.4. The Labute approximate surface area is 146 Å². The van der Waals surface area contributed by atoms with Crippen molar-refractivity contribution in [3.8, 4) is 0 Å². The summed E-state index contributed by atoms with van der Waals surface area (Å²) in [5, 5.41) is 0. The van der Waals surface area contributed by atoms with Crippen LogP contribution in [0, 0.1) is 0 Å². The van der Waals surface area contributed by atoms with Gasteiger partial charge in [0.2, 0.25) is 0 Å². The highest BCUT2D eigenvalue weighted by molar-refractivity contribution is 5.35. The van der Waals surface area contributed by atoms with E-state index in [4.69, 9.17) is 4.74 Å². The third-order valence-corrected chi connectivity index (χ3v) is 5.77. The largest absolute Gasteiger partial charge is 0.491 e. The van der Waals surface area contributed by atoms with Crippen LogP contribution in [0.5, 0.6) is 0 Å². The molecular weight excluding hydrogens is 294 g/mol. The number of benzene rings is 1. The number of rotatable bonds is 4. The van der Waals surface area contributed by atoms with E-state index in [0.717, 1.165) is 24.5 Å². The van der Waals surface area contributed by atoms with Crippen LogP contribution >= 0.6 is 0 Å². The number of nitrogens with zero attached hydrogens (tertiary/aromatic N) is 1. The van der Waals surface area contributed by atoms with Crippen molar-refractivity contribution < 1.29 is 4.74 Å². The van der Waals surface area contributed by atoms with Gasteiger partial charge in [-0.25, -0.2) is 0 Å². The number of hydrogen-bond acceptors (Lipinski definition) is 2. The lowest BCUT2D eigenvalue weighted by molar-refractivity contribution is 0.109. The van der Waals surface area contributed by atoms with Gasteiger partial charge in [-0.1, -0.05) is 30.3 Å². The first kappa shape index (κ1) is 16.0. The molecule has 1 aromatic carbocycles. The zero-order valence-electron chi connectivity index (χ0n) is 14.6. The molecule has 2 atom stereocenters. The molecule has 0 saturated carbocycles.